The smallest absolute Gasteiger partial charge is 0.411 e. The highest BCUT2D eigenvalue weighted by atomic mass is 16.6. The van der Waals surface area contributed by atoms with Gasteiger partial charge in [-0.3, -0.25) is 10.6 Å². The van der Waals surface area contributed by atoms with Gasteiger partial charge in [0.1, 0.15) is 0 Å². The van der Waals surface area contributed by atoms with Crippen molar-refractivity contribution in [2.24, 2.45) is 0 Å². The Labute approximate surface area is 124 Å². The molecule has 0 aromatic heterocycles. The molecule has 0 aliphatic rings. The second-order valence-corrected chi connectivity index (χ2v) is 5.25. The van der Waals surface area contributed by atoms with Gasteiger partial charge in [-0.15, -0.1) is 0 Å². The quantitative estimate of drug-likeness (QED) is 0.882. The highest BCUT2D eigenvalue weighted by molar-refractivity contribution is 5.89. The van der Waals surface area contributed by atoms with E-state index in [9.17, 15) is 9.59 Å². The molecular weight excluding hydrogens is 272 g/mol. The summed E-state index contributed by atoms with van der Waals surface area (Å²) in [6.07, 6.45) is -1.47. The van der Waals surface area contributed by atoms with Crippen molar-refractivity contribution in [3.63, 3.8) is 0 Å². The molecule has 0 bridgehead atoms. The maximum absolute atomic E-state index is 11.6. The lowest BCUT2D eigenvalue weighted by Gasteiger charge is -2.13. The normalized spacial score (nSPS) is 10.4. The molecule has 0 aliphatic carbocycles. The molecule has 0 atom stereocenters. The SMILES string of the molecule is Cc1cc(NC(=O)OC(C)C)cc(NC(=O)OC(C)C)c1. The van der Waals surface area contributed by atoms with E-state index in [1.807, 2.05) is 6.92 Å². The molecule has 0 aliphatic heterocycles. The summed E-state index contributed by atoms with van der Waals surface area (Å²) in [5.41, 5.74) is 1.97. The molecule has 1 rings (SSSR count). The molecule has 6 nitrogen and oxygen atoms in total. The molecule has 0 unspecified atom stereocenters. The summed E-state index contributed by atoms with van der Waals surface area (Å²) in [5.74, 6) is 0. The van der Waals surface area contributed by atoms with Gasteiger partial charge in [0.2, 0.25) is 0 Å². The van der Waals surface area contributed by atoms with Crippen molar-refractivity contribution in [1.82, 2.24) is 0 Å². The van der Waals surface area contributed by atoms with Gasteiger partial charge in [0.25, 0.3) is 0 Å². The number of rotatable bonds is 4. The second kappa shape index (κ2) is 7.52. The van der Waals surface area contributed by atoms with Gasteiger partial charge in [0.05, 0.1) is 12.2 Å². The van der Waals surface area contributed by atoms with Crippen molar-refractivity contribution in [2.75, 3.05) is 10.6 Å². The van der Waals surface area contributed by atoms with Gasteiger partial charge in [-0.1, -0.05) is 0 Å². The van der Waals surface area contributed by atoms with Crippen molar-refractivity contribution < 1.29 is 19.1 Å². The van der Waals surface area contributed by atoms with Crippen LogP contribution in [0.1, 0.15) is 33.3 Å². The first-order valence-corrected chi connectivity index (χ1v) is 6.83. The summed E-state index contributed by atoms with van der Waals surface area (Å²) in [4.78, 5) is 23.1. The zero-order valence-corrected chi connectivity index (χ0v) is 13.0. The number of anilines is 2. The Balaban J connectivity index is 2.75. The van der Waals surface area contributed by atoms with Crippen LogP contribution in [0.2, 0.25) is 0 Å². The summed E-state index contributed by atoms with van der Waals surface area (Å²) < 4.78 is 10.0. The van der Waals surface area contributed by atoms with Crippen LogP contribution in [0.5, 0.6) is 0 Å². The van der Waals surface area contributed by atoms with Crippen molar-refractivity contribution >= 4 is 23.6 Å². The van der Waals surface area contributed by atoms with Crippen LogP contribution >= 0.6 is 0 Å². The van der Waals surface area contributed by atoms with E-state index in [-0.39, 0.29) is 12.2 Å². The molecule has 6 heteroatoms. The van der Waals surface area contributed by atoms with Crippen LogP contribution in [-0.2, 0) is 9.47 Å². The van der Waals surface area contributed by atoms with E-state index >= 15 is 0 Å². The monoisotopic (exact) mass is 294 g/mol. The molecule has 0 spiro atoms. The largest absolute Gasteiger partial charge is 0.447 e. The summed E-state index contributed by atoms with van der Waals surface area (Å²) in [6.45, 7) is 8.93. The summed E-state index contributed by atoms with van der Waals surface area (Å²) in [5, 5.41) is 5.23. The Morgan fingerprint density at radius 2 is 1.24 bits per heavy atom. The van der Waals surface area contributed by atoms with Crippen LogP contribution in [0, 0.1) is 6.92 Å². The molecule has 0 saturated carbocycles. The van der Waals surface area contributed by atoms with Gasteiger partial charge in [-0.2, -0.15) is 0 Å². The minimum absolute atomic E-state index is 0.201. The highest BCUT2D eigenvalue weighted by Crippen LogP contribution is 2.19. The van der Waals surface area contributed by atoms with E-state index < -0.39 is 12.2 Å². The molecule has 116 valence electrons. The van der Waals surface area contributed by atoms with Gasteiger partial charge >= 0.3 is 12.2 Å². The van der Waals surface area contributed by atoms with Crippen molar-refractivity contribution in [2.45, 2.75) is 46.8 Å². The Bertz CT molecular complexity index is 470. The van der Waals surface area contributed by atoms with E-state index in [1.54, 1.807) is 45.9 Å². The number of aryl methyl sites for hydroxylation is 1. The average molecular weight is 294 g/mol. The second-order valence-electron chi connectivity index (χ2n) is 5.25. The Morgan fingerprint density at radius 3 is 1.57 bits per heavy atom. The highest BCUT2D eigenvalue weighted by Gasteiger charge is 2.09. The lowest BCUT2D eigenvalue weighted by atomic mass is 10.2. The number of carbonyl (C=O) groups is 2. The van der Waals surface area contributed by atoms with Crippen LogP contribution in [-0.4, -0.2) is 24.4 Å². The number of hydrogen-bond donors (Lipinski definition) is 2. The van der Waals surface area contributed by atoms with Gasteiger partial charge in [-0.25, -0.2) is 9.59 Å². The van der Waals surface area contributed by atoms with Crippen LogP contribution in [0.4, 0.5) is 21.0 Å². The maximum Gasteiger partial charge on any atom is 0.411 e. The van der Waals surface area contributed by atoms with Crippen LogP contribution in [0.3, 0.4) is 0 Å². The van der Waals surface area contributed by atoms with Crippen molar-refractivity contribution in [3.8, 4) is 0 Å². The maximum atomic E-state index is 11.6. The molecule has 2 N–H and O–H groups in total. The van der Waals surface area contributed by atoms with Crippen LogP contribution < -0.4 is 10.6 Å². The van der Waals surface area contributed by atoms with E-state index in [2.05, 4.69) is 10.6 Å². The molecule has 0 radical (unpaired) electrons. The van der Waals surface area contributed by atoms with Crippen molar-refractivity contribution in [3.05, 3.63) is 23.8 Å². The minimum atomic E-state index is -0.536. The van der Waals surface area contributed by atoms with Crippen LogP contribution in [0.25, 0.3) is 0 Å². The first-order valence-electron chi connectivity index (χ1n) is 6.83. The number of nitrogens with one attached hydrogen (secondary N) is 2. The minimum Gasteiger partial charge on any atom is -0.447 e. The van der Waals surface area contributed by atoms with Crippen LogP contribution in [0.15, 0.2) is 18.2 Å². The first kappa shape index (κ1) is 16.8. The zero-order valence-electron chi connectivity index (χ0n) is 13.0. The summed E-state index contributed by atoms with van der Waals surface area (Å²) >= 11 is 0. The van der Waals surface area contributed by atoms with Crippen molar-refractivity contribution in [1.29, 1.82) is 0 Å². The number of hydrogen-bond acceptors (Lipinski definition) is 4. The average Bonchev–Trinajstić information content (AvgIpc) is 2.24. The molecule has 21 heavy (non-hydrogen) atoms. The number of ether oxygens (including phenoxy) is 2. The van der Waals surface area contributed by atoms with Gasteiger partial charge in [-0.05, 0) is 58.4 Å². The fourth-order valence-corrected chi connectivity index (χ4v) is 1.65. The van der Waals surface area contributed by atoms with Gasteiger partial charge < -0.3 is 9.47 Å². The Morgan fingerprint density at radius 1 is 0.857 bits per heavy atom. The summed E-state index contributed by atoms with van der Waals surface area (Å²) in [6, 6.07) is 5.19. The lowest BCUT2D eigenvalue weighted by Crippen LogP contribution is -2.19. The van der Waals surface area contributed by atoms with E-state index in [0.717, 1.165) is 5.56 Å². The van der Waals surface area contributed by atoms with E-state index in [1.165, 1.54) is 0 Å². The molecule has 1 aromatic rings. The van der Waals surface area contributed by atoms with Gasteiger partial charge in [0.15, 0.2) is 0 Å². The first-order chi connectivity index (χ1) is 9.76. The third-order valence-corrected chi connectivity index (χ3v) is 2.26. The predicted molar refractivity (Wildman–Crippen MR) is 81.7 cm³/mol. The molecule has 1 aromatic carbocycles. The number of amides is 2. The fraction of sp³-hybridized carbons (Fsp3) is 0.467. The lowest BCUT2D eigenvalue weighted by molar-refractivity contribution is 0.129. The molecule has 0 saturated heterocycles. The molecule has 2 amide bonds. The zero-order chi connectivity index (χ0) is 16.0. The fourth-order valence-electron chi connectivity index (χ4n) is 1.65. The Kier molecular flexibility index (Phi) is 6.02. The van der Waals surface area contributed by atoms with E-state index in [4.69, 9.17) is 9.47 Å². The van der Waals surface area contributed by atoms with E-state index in [0.29, 0.717) is 11.4 Å². The molecule has 0 heterocycles. The number of benzene rings is 1. The molecule has 0 fully saturated rings. The number of carbonyl (C=O) groups excluding carboxylic acids is 2. The predicted octanol–water partition coefficient (Wildman–Crippen LogP) is 3.91. The van der Waals surface area contributed by atoms with Gasteiger partial charge in [0, 0.05) is 11.4 Å². The summed E-state index contributed by atoms with van der Waals surface area (Å²) in [7, 11) is 0. The third kappa shape index (κ3) is 6.65. The third-order valence-electron chi connectivity index (χ3n) is 2.26. The Hall–Kier alpha value is -2.24. The standard InChI is InChI=1S/C15H22N2O4/c1-9(2)20-14(18)16-12-6-11(5)7-13(8-12)17-15(19)21-10(3)4/h6-10H,1-5H3,(H,16,18)(H,17,19). The molecular formula is C15H22N2O4. The topological polar surface area (TPSA) is 76.7 Å².